The van der Waals surface area contributed by atoms with Gasteiger partial charge in [0.05, 0.1) is 5.69 Å². The Bertz CT molecular complexity index is 973. The van der Waals surface area contributed by atoms with Gasteiger partial charge in [-0.05, 0) is 23.8 Å². The zero-order valence-corrected chi connectivity index (χ0v) is 14.1. The zero-order valence-electron chi connectivity index (χ0n) is 13.2. The molecule has 0 spiro atoms. The lowest BCUT2D eigenvalue weighted by Gasteiger charge is -2.10. The van der Waals surface area contributed by atoms with Gasteiger partial charge < -0.3 is 10.3 Å². The molecule has 0 radical (unpaired) electrons. The fourth-order valence-electron chi connectivity index (χ4n) is 3.04. The molecule has 0 fully saturated rings. The lowest BCUT2D eigenvalue weighted by atomic mass is 10.1. The van der Waals surface area contributed by atoms with Crippen LogP contribution in [-0.2, 0) is 6.54 Å². The Morgan fingerprint density at radius 2 is 1.50 bits per heavy atom. The number of anilines is 1. The molecule has 4 rings (SSSR count). The van der Waals surface area contributed by atoms with Crippen LogP contribution in [0.25, 0.3) is 22.2 Å². The van der Waals surface area contributed by atoms with Gasteiger partial charge in [-0.3, -0.25) is 0 Å². The van der Waals surface area contributed by atoms with Crippen LogP contribution in [0.3, 0.4) is 0 Å². The Labute approximate surface area is 147 Å². The van der Waals surface area contributed by atoms with E-state index in [4.69, 9.17) is 0 Å². The van der Waals surface area contributed by atoms with Crippen LogP contribution < -0.4 is 5.32 Å². The molecule has 0 aliphatic rings. The van der Waals surface area contributed by atoms with E-state index in [0.717, 1.165) is 22.6 Å². The van der Waals surface area contributed by atoms with Gasteiger partial charge in [0, 0.05) is 33.6 Å². The number of thiol groups is 1. The summed E-state index contributed by atoms with van der Waals surface area (Å²) in [4.78, 5) is 4.53. The predicted molar refractivity (Wildman–Crippen MR) is 105 cm³/mol. The van der Waals surface area contributed by atoms with Gasteiger partial charge >= 0.3 is 0 Å². The minimum Gasteiger partial charge on any atom is -0.380 e. The van der Waals surface area contributed by atoms with E-state index in [0.29, 0.717) is 0 Å². The van der Waals surface area contributed by atoms with Gasteiger partial charge in [-0.1, -0.05) is 60.7 Å². The van der Waals surface area contributed by atoms with Gasteiger partial charge in [-0.15, -0.1) is 12.6 Å². The van der Waals surface area contributed by atoms with E-state index in [1.807, 2.05) is 24.3 Å². The first-order valence-electron chi connectivity index (χ1n) is 8.00. The molecule has 3 heteroatoms. The van der Waals surface area contributed by atoms with E-state index in [9.17, 15) is 0 Å². The molecular weight excluding hydrogens is 312 g/mol. The smallest absolute Gasteiger partial charge is 0.0515 e. The van der Waals surface area contributed by atoms with Crippen LogP contribution in [0.4, 0.5) is 5.69 Å². The van der Waals surface area contributed by atoms with Crippen molar-refractivity contribution in [3.05, 3.63) is 84.4 Å². The quantitative estimate of drug-likeness (QED) is 0.409. The number of hydrogen-bond donors (Lipinski definition) is 3. The van der Waals surface area contributed by atoms with Crippen molar-refractivity contribution in [1.82, 2.24) is 4.98 Å². The molecule has 2 nitrogen and oxygen atoms in total. The first-order chi connectivity index (χ1) is 11.8. The molecule has 3 aromatic carbocycles. The highest BCUT2D eigenvalue weighted by molar-refractivity contribution is 7.80. The fourth-order valence-corrected chi connectivity index (χ4v) is 3.28. The zero-order chi connectivity index (χ0) is 16.4. The Balaban J connectivity index is 1.77. The Kier molecular flexibility index (Phi) is 4.01. The SMILES string of the molecule is Sc1ccccc1NCc1c(-c2ccccc2)[nH]c2ccccc12. The second-order valence-corrected chi connectivity index (χ2v) is 6.24. The number of aromatic amines is 1. The summed E-state index contributed by atoms with van der Waals surface area (Å²) in [5.41, 5.74) is 5.84. The standard InChI is InChI=1S/C21H18N2S/c24-20-13-7-6-12-19(20)22-14-17-16-10-4-5-11-18(16)23-21(17)15-8-2-1-3-9-15/h1-13,22-24H,14H2. The summed E-state index contributed by atoms with van der Waals surface area (Å²) in [6.07, 6.45) is 0. The average molecular weight is 330 g/mol. The molecule has 0 unspecified atom stereocenters. The molecule has 0 amide bonds. The van der Waals surface area contributed by atoms with E-state index in [1.165, 1.54) is 22.2 Å². The highest BCUT2D eigenvalue weighted by Gasteiger charge is 2.12. The summed E-state index contributed by atoms with van der Waals surface area (Å²) in [5, 5.41) is 4.77. The molecular formula is C21H18N2S. The molecule has 2 N–H and O–H groups in total. The van der Waals surface area contributed by atoms with Crippen molar-refractivity contribution >= 4 is 29.2 Å². The highest BCUT2D eigenvalue weighted by Crippen LogP contribution is 2.31. The summed E-state index contributed by atoms with van der Waals surface area (Å²) < 4.78 is 0. The predicted octanol–water partition coefficient (Wildman–Crippen LogP) is 5.74. The number of para-hydroxylation sites is 2. The molecule has 0 aliphatic carbocycles. The molecule has 1 heterocycles. The Morgan fingerprint density at radius 3 is 2.33 bits per heavy atom. The lowest BCUT2D eigenvalue weighted by molar-refractivity contribution is 1.15. The first kappa shape index (κ1) is 14.9. The van der Waals surface area contributed by atoms with Gasteiger partial charge in [-0.2, -0.15) is 0 Å². The molecule has 0 atom stereocenters. The summed E-state index contributed by atoms with van der Waals surface area (Å²) in [6, 6.07) is 27.0. The monoisotopic (exact) mass is 330 g/mol. The van der Waals surface area contributed by atoms with E-state index >= 15 is 0 Å². The van der Waals surface area contributed by atoms with Crippen molar-refractivity contribution in [3.8, 4) is 11.3 Å². The number of benzene rings is 3. The third-order valence-corrected chi connectivity index (χ3v) is 4.63. The van der Waals surface area contributed by atoms with Crippen LogP contribution in [-0.4, -0.2) is 4.98 Å². The molecule has 0 bridgehead atoms. The summed E-state index contributed by atoms with van der Waals surface area (Å²) in [5.74, 6) is 0. The average Bonchev–Trinajstić information content (AvgIpc) is 3.00. The molecule has 0 saturated carbocycles. The van der Waals surface area contributed by atoms with Crippen molar-refractivity contribution in [2.45, 2.75) is 11.4 Å². The van der Waals surface area contributed by atoms with E-state index < -0.39 is 0 Å². The maximum atomic E-state index is 4.53. The van der Waals surface area contributed by atoms with Gasteiger partial charge in [0.1, 0.15) is 0 Å². The van der Waals surface area contributed by atoms with Crippen molar-refractivity contribution in [2.24, 2.45) is 0 Å². The van der Waals surface area contributed by atoms with Gasteiger partial charge in [0.2, 0.25) is 0 Å². The van der Waals surface area contributed by atoms with Crippen molar-refractivity contribution in [2.75, 3.05) is 5.32 Å². The van der Waals surface area contributed by atoms with Gasteiger partial charge in [0.25, 0.3) is 0 Å². The van der Waals surface area contributed by atoms with Gasteiger partial charge in [-0.25, -0.2) is 0 Å². The summed E-state index contributed by atoms with van der Waals surface area (Å²) in [6.45, 7) is 0.742. The second kappa shape index (κ2) is 6.46. The molecule has 4 aromatic rings. The van der Waals surface area contributed by atoms with E-state index in [-0.39, 0.29) is 0 Å². The van der Waals surface area contributed by atoms with Crippen LogP contribution in [0.1, 0.15) is 5.56 Å². The third-order valence-electron chi connectivity index (χ3n) is 4.24. The first-order valence-corrected chi connectivity index (χ1v) is 8.44. The molecule has 118 valence electrons. The van der Waals surface area contributed by atoms with Crippen LogP contribution in [0, 0.1) is 0 Å². The third kappa shape index (κ3) is 2.79. The van der Waals surface area contributed by atoms with Crippen LogP contribution >= 0.6 is 12.6 Å². The Hall–Kier alpha value is -2.65. The minimum atomic E-state index is 0.742. The van der Waals surface area contributed by atoms with E-state index in [1.54, 1.807) is 0 Å². The van der Waals surface area contributed by atoms with Crippen LogP contribution in [0.2, 0.25) is 0 Å². The molecule has 1 aromatic heterocycles. The number of rotatable bonds is 4. The highest BCUT2D eigenvalue weighted by atomic mass is 32.1. The maximum absolute atomic E-state index is 4.53. The number of nitrogens with one attached hydrogen (secondary N) is 2. The Morgan fingerprint density at radius 1 is 0.792 bits per heavy atom. The summed E-state index contributed by atoms with van der Waals surface area (Å²) in [7, 11) is 0. The fraction of sp³-hybridized carbons (Fsp3) is 0.0476. The molecule has 0 saturated heterocycles. The van der Waals surface area contributed by atoms with Crippen LogP contribution in [0.5, 0.6) is 0 Å². The van der Waals surface area contributed by atoms with Gasteiger partial charge in [0.15, 0.2) is 0 Å². The molecule has 24 heavy (non-hydrogen) atoms. The molecule has 0 aliphatic heterocycles. The number of hydrogen-bond acceptors (Lipinski definition) is 2. The van der Waals surface area contributed by atoms with Crippen molar-refractivity contribution in [3.63, 3.8) is 0 Å². The normalized spacial score (nSPS) is 10.9. The lowest BCUT2D eigenvalue weighted by Crippen LogP contribution is -2.01. The van der Waals surface area contributed by atoms with Crippen molar-refractivity contribution in [1.29, 1.82) is 0 Å². The number of fused-ring (bicyclic) bond motifs is 1. The maximum Gasteiger partial charge on any atom is 0.0515 e. The van der Waals surface area contributed by atoms with E-state index in [2.05, 4.69) is 77.5 Å². The minimum absolute atomic E-state index is 0.742. The largest absolute Gasteiger partial charge is 0.380 e. The second-order valence-electron chi connectivity index (χ2n) is 5.76. The van der Waals surface area contributed by atoms with Crippen LogP contribution in [0.15, 0.2) is 83.8 Å². The number of aromatic nitrogens is 1. The number of H-pyrrole nitrogens is 1. The van der Waals surface area contributed by atoms with Crippen molar-refractivity contribution < 1.29 is 0 Å². The topological polar surface area (TPSA) is 27.8 Å². The summed E-state index contributed by atoms with van der Waals surface area (Å²) >= 11 is 4.53.